The minimum Gasteiger partial charge on any atom is -0.358 e. The summed E-state index contributed by atoms with van der Waals surface area (Å²) in [7, 11) is 0. The number of hydrogen-bond acceptors (Lipinski definition) is 2. The fraction of sp³-hybridized carbons (Fsp3) is 0.273. The summed E-state index contributed by atoms with van der Waals surface area (Å²) in [5, 5.41) is 0.783. The Balaban J connectivity index is 1.45. The number of aryl methyl sites for hydroxylation is 1. The normalized spacial score (nSPS) is 17.1. The third kappa shape index (κ3) is 2.76. The molecule has 1 atom stereocenters. The molecule has 2 N–H and O–H groups in total. The van der Waals surface area contributed by atoms with E-state index in [0.717, 1.165) is 58.4 Å². The van der Waals surface area contributed by atoms with Crippen molar-refractivity contribution in [3.8, 4) is 0 Å². The number of para-hydroxylation sites is 2. The Hall–Kier alpha value is -3.15. The van der Waals surface area contributed by atoms with Crippen LogP contribution in [0.2, 0.25) is 0 Å². The number of nitrogens with zero attached hydrogens (tertiary/aromatic N) is 2. The number of aromatic nitrogens is 3. The number of carbonyl (C=O) groups excluding carboxylic acids is 1. The third-order valence-corrected chi connectivity index (χ3v) is 5.71. The van der Waals surface area contributed by atoms with E-state index < -0.39 is 0 Å². The van der Waals surface area contributed by atoms with E-state index in [9.17, 15) is 9.18 Å². The van der Waals surface area contributed by atoms with Crippen LogP contribution in [-0.2, 0) is 11.2 Å². The standard InChI is InChI=1S/C22H21FN4O/c1-13-15(16-11-14(23)8-9-17(16)24-13)12-21(28)27-10-4-7-20(27)22-25-18-5-2-3-6-19(18)26-22/h2-3,5-6,8-9,11,20,24H,4,7,10,12H2,1H3,(H,25,26)/t20-/m0/s1. The van der Waals surface area contributed by atoms with Gasteiger partial charge in [-0.1, -0.05) is 12.1 Å². The summed E-state index contributed by atoms with van der Waals surface area (Å²) in [6.45, 7) is 2.65. The minimum atomic E-state index is -0.290. The van der Waals surface area contributed by atoms with Gasteiger partial charge in [0.25, 0.3) is 0 Å². The summed E-state index contributed by atoms with van der Waals surface area (Å²) in [6.07, 6.45) is 2.11. The maximum Gasteiger partial charge on any atom is 0.227 e. The van der Waals surface area contributed by atoms with Crippen LogP contribution in [0.15, 0.2) is 42.5 Å². The van der Waals surface area contributed by atoms with E-state index in [-0.39, 0.29) is 24.2 Å². The van der Waals surface area contributed by atoms with Gasteiger partial charge in [-0.05, 0) is 55.7 Å². The van der Waals surface area contributed by atoms with Crippen molar-refractivity contribution in [3.63, 3.8) is 0 Å². The second-order valence-corrected chi connectivity index (χ2v) is 7.48. The summed E-state index contributed by atoms with van der Waals surface area (Å²) < 4.78 is 13.7. The summed E-state index contributed by atoms with van der Waals surface area (Å²) in [5.41, 5.74) is 4.54. The molecular formula is C22H21FN4O. The predicted molar refractivity (Wildman–Crippen MR) is 106 cm³/mol. The number of halogens is 1. The Morgan fingerprint density at radius 1 is 1.21 bits per heavy atom. The lowest BCUT2D eigenvalue weighted by molar-refractivity contribution is -0.131. The number of likely N-dealkylation sites (tertiary alicyclic amines) is 1. The molecule has 1 saturated heterocycles. The van der Waals surface area contributed by atoms with Crippen molar-refractivity contribution in [2.75, 3.05) is 6.54 Å². The number of rotatable bonds is 3. The number of H-pyrrole nitrogens is 2. The zero-order valence-corrected chi connectivity index (χ0v) is 15.6. The molecule has 1 aliphatic rings. The smallest absolute Gasteiger partial charge is 0.227 e. The van der Waals surface area contributed by atoms with E-state index in [1.165, 1.54) is 12.1 Å². The van der Waals surface area contributed by atoms with Crippen LogP contribution >= 0.6 is 0 Å². The number of imidazole rings is 1. The molecule has 5 nitrogen and oxygen atoms in total. The number of benzene rings is 2. The number of aromatic amines is 2. The van der Waals surface area contributed by atoms with Gasteiger partial charge in [-0.3, -0.25) is 4.79 Å². The first-order valence-electron chi connectivity index (χ1n) is 9.61. The Morgan fingerprint density at radius 2 is 2.07 bits per heavy atom. The molecule has 142 valence electrons. The molecule has 1 amide bonds. The zero-order valence-electron chi connectivity index (χ0n) is 15.6. The number of carbonyl (C=O) groups is 1. The first-order chi connectivity index (χ1) is 13.6. The van der Waals surface area contributed by atoms with Crippen molar-refractivity contribution < 1.29 is 9.18 Å². The molecule has 1 fully saturated rings. The van der Waals surface area contributed by atoms with E-state index in [0.29, 0.717) is 0 Å². The van der Waals surface area contributed by atoms with Gasteiger partial charge >= 0.3 is 0 Å². The van der Waals surface area contributed by atoms with Crippen LogP contribution in [0.5, 0.6) is 0 Å². The molecule has 0 saturated carbocycles. The van der Waals surface area contributed by atoms with Gasteiger partial charge in [0, 0.05) is 23.1 Å². The number of nitrogens with one attached hydrogen (secondary N) is 2. The molecule has 2 aromatic heterocycles. The molecule has 0 spiro atoms. The van der Waals surface area contributed by atoms with E-state index in [1.54, 1.807) is 6.07 Å². The van der Waals surface area contributed by atoms with E-state index in [4.69, 9.17) is 4.98 Å². The second-order valence-electron chi connectivity index (χ2n) is 7.48. The molecule has 28 heavy (non-hydrogen) atoms. The number of hydrogen-bond donors (Lipinski definition) is 2. The molecular weight excluding hydrogens is 355 g/mol. The Kier molecular flexibility index (Phi) is 3.93. The highest BCUT2D eigenvalue weighted by atomic mass is 19.1. The van der Waals surface area contributed by atoms with Gasteiger partial charge in [0.1, 0.15) is 11.6 Å². The lowest BCUT2D eigenvalue weighted by Gasteiger charge is -2.23. The second kappa shape index (κ2) is 6.48. The van der Waals surface area contributed by atoms with Gasteiger partial charge in [0.05, 0.1) is 23.5 Å². The molecule has 0 aliphatic carbocycles. The SMILES string of the molecule is Cc1[nH]c2ccc(F)cc2c1CC(=O)N1CCC[C@H]1c1nc2ccccc2[nH]1. The molecule has 1 aliphatic heterocycles. The first-order valence-corrected chi connectivity index (χ1v) is 9.61. The van der Waals surface area contributed by atoms with E-state index in [1.807, 2.05) is 36.1 Å². The Bertz CT molecular complexity index is 1160. The molecule has 2 aromatic carbocycles. The summed E-state index contributed by atoms with van der Waals surface area (Å²) in [6, 6.07) is 12.5. The highest BCUT2D eigenvalue weighted by Crippen LogP contribution is 2.33. The zero-order chi connectivity index (χ0) is 19.3. The Morgan fingerprint density at radius 3 is 2.93 bits per heavy atom. The largest absolute Gasteiger partial charge is 0.358 e. The van der Waals surface area contributed by atoms with E-state index in [2.05, 4.69) is 9.97 Å². The van der Waals surface area contributed by atoms with Crippen molar-refractivity contribution in [1.82, 2.24) is 19.9 Å². The van der Waals surface area contributed by atoms with Crippen molar-refractivity contribution in [2.45, 2.75) is 32.2 Å². The van der Waals surface area contributed by atoms with Gasteiger partial charge in [-0.2, -0.15) is 0 Å². The van der Waals surface area contributed by atoms with Gasteiger partial charge in [-0.15, -0.1) is 0 Å². The van der Waals surface area contributed by atoms with Crippen LogP contribution in [-0.4, -0.2) is 32.3 Å². The monoisotopic (exact) mass is 376 g/mol. The molecule has 3 heterocycles. The van der Waals surface area contributed by atoms with Crippen LogP contribution in [0.4, 0.5) is 4.39 Å². The molecule has 4 aromatic rings. The van der Waals surface area contributed by atoms with Crippen molar-refractivity contribution in [2.24, 2.45) is 0 Å². The average molecular weight is 376 g/mol. The lowest BCUT2D eigenvalue weighted by atomic mass is 10.1. The molecule has 0 radical (unpaired) electrons. The highest BCUT2D eigenvalue weighted by molar-refractivity contribution is 5.90. The van der Waals surface area contributed by atoms with Crippen LogP contribution < -0.4 is 0 Å². The third-order valence-electron chi connectivity index (χ3n) is 5.71. The first kappa shape index (κ1) is 17.0. The molecule has 0 bridgehead atoms. The number of amides is 1. The van der Waals surface area contributed by atoms with Crippen molar-refractivity contribution in [1.29, 1.82) is 0 Å². The molecule has 5 rings (SSSR count). The minimum absolute atomic E-state index is 0.0397. The maximum absolute atomic E-state index is 13.7. The molecule has 6 heteroatoms. The van der Waals surface area contributed by atoms with E-state index >= 15 is 0 Å². The topological polar surface area (TPSA) is 64.8 Å². The summed E-state index contributed by atoms with van der Waals surface area (Å²) in [5.74, 6) is 0.603. The predicted octanol–water partition coefficient (Wildman–Crippen LogP) is 4.40. The van der Waals surface area contributed by atoms with Gasteiger partial charge in [-0.25, -0.2) is 9.37 Å². The van der Waals surface area contributed by atoms with Crippen LogP contribution in [0.25, 0.3) is 21.9 Å². The van der Waals surface area contributed by atoms with Gasteiger partial charge < -0.3 is 14.9 Å². The summed E-state index contributed by atoms with van der Waals surface area (Å²) >= 11 is 0. The van der Waals surface area contributed by atoms with Crippen molar-refractivity contribution in [3.05, 3.63) is 65.4 Å². The van der Waals surface area contributed by atoms with Crippen LogP contribution in [0.1, 0.15) is 36.0 Å². The van der Waals surface area contributed by atoms with Crippen LogP contribution in [0.3, 0.4) is 0 Å². The number of fused-ring (bicyclic) bond motifs is 2. The van der Waals surface area contributed by atoms with Crippen molar-refractivity contribution >= 4 is 27.8 Å². The fourth-order valence-electron chi connectivity index (χ4n) is 4.32. The van der Waals surface area contributed by atoms with Crippen LogP contribution in [0, 0.1) is 12.7 Å². The quantitative estimate of drug-likeness (QED) is 0.557. The van der Waals surface area contributed by atoms with Gasteiger partial charge in [0.15, 0.2) is 0 Å². The average Bonchev–Trinajstić information content (AvgIpc) is 3.39. The molecule has 0 unspecified atom stereocenters. The lowest BCUT2D eigenvalue weighted by Crippen LogP contribution is -2.32. The Labute approximate surface area is 161 Å². The maximum atomic E-state index is 13.7. The summed E-state index contributed by atoms with van der Waals surface area (Å²) in [4.78, 5) is 26.4. The van der Waals surface area contributed by atoms with Gasteiger partial charge in [0.2, 0.25) is 5.91 Å². The highest BCUT2D eigenvalue weighted by Gasteiger charge is 2.32. The fourth-order valence-corrected chi connectivity index (χ4v) is 4.32.